The topological polar surface area (TPSA) is 58.6 Å². The molecule has 1 aliphatic carbocycles. The van der Waals surface area contributed by atoms with E-state index in [4.69, 9.17) is 4.74 Å². The van der Waals surface area contributed by atoms with Crippen molar-refractivity contribution in [3.05, 3.63) is 29.8 Å². The first-order chi connectivity index (χ1) is 13.6. The number of piperidine rings is 1. The molecule has 2 aliphatic rings. The molecule has 5 nitrogen and oxygen atoms in total. The number of amides is 2. The van der Waals surface area contributed by atoms with Gasteiger partial charge in [0.1, 0.15) is 5.75 Å². The number of hydrogen-bond acceptors (Lipinski definition) is 3. The van der Waals surface area contributed by atoms with Crippen molar-refractivity contribution in [3.8, 4) is 5.75 Å². The van der Waals surface area contributed by atoms with Crippen LogP contribution in [0.25, 0.3) is 0 Å². The van der Waals surface area contributed by atoms with Gasteiger partial charge in [-0.25, -0.2) is 0 Å². The number of rotatable bonds is 6. The van der Waals surface area contributed by atoms with Crippen LogP contribution in [-0.2, 0) is 16.0 Å². The SMILES string of the molecule is COc1cccc(CCNC(=O)C2CCC(C(=O)N3CCC(C)CC3)CC2)c1. The average molecular weight is 387 g/mol. The Bertz CT molecular complexity index is 660. The van der Waals surface area contributed by atoms with Gasteiger partial charge in [0.25, 0.3) is 0 Å². The Kier molecular flexibility index (Phi) is 7.35. The second-order valence-electron chi connectivity index (χ2n) is 8.45. The minimum Gasteiger partial charge on any atom is -0.497 e. The molecular formula is C23H34N2O3. The van der Waals surface area contributed by atoms with Crippen LogP contribution in [0.2, 0.25) is 0 Å². The predicted molar refractivity (Wildman–Crippen MR) is 110 cm³/mol. The van der Waals surface area contributed by atoms with Crippen LogP contribution < -0.4 is 10.1 Å². The fraction of sp³-hybridized carbons (Fsp3) is 0.652. The first kappa shape index (κ1) is 20.7. The lowest BCUT2D eigenvalue weighted by molar-refractivity contribution is -0.139. The average Bonchev–Trinajstić information content (AvgIpc) is 2.74. The number of likely N-dealkylation sites (tertiary alicyclic amines) is 1. The lowest BCUT2D eigenvalue weighted by atomic mass is 9.80. The fourth-order valence-corrected chi connectivity index (χ4v) is 4.39. The normalized spacial score (nSPS) is 23.3. The van der Waals surface area contributed by atoms with Crippen LogP contribution in [0, 0.1) is 17.8 Å². The van der Waals surface area contributed by atoms with Gasteiger partial charge in [-0.15, -0.1) is 0 Å². The Morgan fingerprint density at radius 1 is 1.07 bits per heavy atom. The van der Waals surface area contributed by atoms with Crippen LogP contribution in [0.15, 0.2) is 24.3 Å². The molecule has 1 heterocycles. The highest BCUT2D eigenvalue weighted by Crippen LogP contribution is 2.31. The van der Waals surface area contributed by atoms with Crippen LogP contribution in [0.1, 0.15) is 51.0 Å². The summed E-state index contributed by atoms with van der Waals surface area (Å²) < 4.78 is 5.24. The molecule has 1 aromatic rings. The Balaban J connectivity index is 1.38. The van der Waals surface area contributed by atoms with E-state index in [0.29, 0.717) is 12.5 Å². The van der Waals surface area contributed by atoms with Gasteiger partial charge in [0, 0.05) is 31.5 Å². The highest BCUT2D eigenvalue weighted by Gasteiger charge is 2.32. The van der Waals surface area contributed by atoms with E-state index in [0.717, 1.165) is 75.3 Å². The summed E-state index contributed by atoms with van der Waals surface area (Å²) in [6.07, 6.45) is 6.38. The van der Waals surface area contributed by atoms with Crippen molar-refractivity contribution >= 4 is 11.8 Å². The summed E-state index contributed by atoms with van der Waals surface area (Å²) in [4.78, 5) is 27.3. The van der Waals surface area contributed by atoms with Crippen LogP contribution in [0.4, 0.5) is 0 Å². The number of nitrogens with zero attached hydrogens (tertiary/aromatic N) is 1. The molecule has 2 fully saturated rings. The molecule has 0 spiro atoms. The maximum atomic E-state index is 12.7. The molecule has 0 radical (unpaired) electrons. The van der Waals surface area contributed by atoms with Gasteiger partial charge in [0.2, 0.25) is 11.8 Å². The fourth-order valence-electron chi connectivity index (χ4n) is 4.39. The number of carbonyl (C=O) groups is 2. The lowest BCUT2D eigenvalue weighted by Crippen LogP contribution is -2.43. The van der Waals surface area contributed by atoms with Gasteiger partial charge in [-0.2, -0.15) is 0 Å². The monoisotopic (exact) mass is 386 g/mol. The van der Waals surface area contributed by atoms with E-state index < -0.39 is 0 Å². The number of nitrogens with one attached hydrogen (secondary N) is 1. The minimum atomic E-state index is 0.0516. The molecule has 1 N–H and O–H groups in total. The third-order valence-corrected chi connectivity index (χ3v) is 6.39. The summed E-state index contributed by atoms with van der Waals surface area (Å²) >= 11 is 0. The third kappa shape index (κ3) is 5.49. The molecule has 5 heteroatoms. The van der Waals surface area contributed by atoms with Gasteiger partial charge in [-0.05, 0) is 68.6 Å². The van der Waals surface area contributed by atoms with Gasteiger partial charge >= 0.3 is 0 Å². The van der Waals surface area contributed by atoms with E-state index in [1.807, 2.05) is 24.3 Å². The molecular weight excluding hydrogens is 352 g/mol. The summed E-state index contributed by atoms with van der Waals surface area (Å²) in [6, 6.07) is 7.95. The zero-order chi connectivity index (χ0) is 19.9. The van der Waals surface area contributed by atoms with E-state index >= 15 is 0 Å². The van der Waals surface area contributed by atoms with Crippen molar-refractivity contribution in [1.29, 1.82) is 0 Å². The summed E-state index contributed by atoms with van der Waals surface area (Å²) in [5.41, 5.74) is 1.16. The van der Waals surface area contributed by atoms with Crippen molar-refractivity contribution in [1.82, 2.24) is 10.2 Å². The van der Waals surface area contributed by atoms with Gasteiger partial charge in [0.05, 0.1) is 7.11 Å². The third-order valence-electron chi connectivity index (χ3n) is 6.39. The number of methoxy groups -OCH3 is 1. The maximum absolute atomic E-state index is 12.7. The Morgan fingerprint density at radius 3 is 2.43 bits per heavy atom. The van der Waals surface area contributed by atoms with Crippen LogP contribution in [0.5, 0.6) is 5.75 Å². The molecule has 154 valence electrons. The van der Waals surface area contributed by atoms with E-state index in [9.17, 15) is 9.59 Å². The number of ether oxygens (including phenoxy) is 1. The molecule has 2 amide bonds. The van der Waals surface area contributed by atoms with Crippen LogP contribution in [0.3, 0.4) is 0 Å². The van der Waals surface area contributed by atoms with E-state index in [2.05, 4.69) is 17.1 Å². The van der Waals surface area contributed by atoms with Crippen LogP contribution in [-0.4, -0.2) is 43.5 Å². The molecule has 28 heavy (non-hydrogen) atoms. The van der Waals surface area contributed by atoms with Gasteiger partial charge < -0.3 is 15.0 Å². The molecule has 0 atom stereocenters. The lowest BCUT2D eigenvalue weighted by Gasteiger charge is -2.35. The van der Waals surface area contributed by atoms with E-state index in [1.54, 1.807) is 7.11 Å². The summed E-state index contributed by atoms with van der Waals surface area (Å²) in [5.74, 6) is 2.21. The van der Waals surface area contributed by atoms with Gasteiger partial charge in [0.15, 0.2) is 0 Å². The highest BCUT2D eigenvalue weighted by molar-refractivity contribution is 5.81. The molecule has 0 unspecified atom stereocenters. The number of carbonyl (C=O) groups excluding carboxylic acids is 2. The molecule has 1 saturated heterocycles. The zero-order valence-electron chi connectivity index (χ0n) is 17.3. The quantitative estimate of drug-likeness (QED) is 0.815. The second kappa shape index (κ2) is 9.94. The Hall–Kier alpha value is -2.04. The maximum Gasteiger partial charge on any atom is 0.225 e. The molecule has 0 aromatic heterocycles. The molecule has 3 rings (SSSR count). The first-order valence-corrected chi connectivity index (χ1v) is 10.8. The summed E-state index contributed by atoms with van der Waals surface area (Å²) in [6.45, 7) is 4.71. The number of hydrogen-bond donors (Lipinski definition) is 1. The standard InChI is InChI=1S/C23H34N2O3/c1-17-11-14-25(15-12-17)23(27)20-8-6-19(7-9-20)22(26)24-13-10-18-4-3-5-21(16-18)28-2/h3-5,16-17,19-20H,6-15H2,1-2H3,(H,24,26). The van der Waals surface area contributed by atoms with Gasteiger partial charge in [-0.3, -0.25) is 9.59 Å². The molecule has 1 aliphatic heterocycles. The molecule has 1 aromatic carbocycles. The van der Waals surface area contributed by atoms with Crippen molar-refractivity contribution in [2.45, 2.75) is 51.9 Å². The molecule has 0 bridgehead atoms. The van der Waals surface area contributed by atoms with E-state index in [1.165, 1.54) is 0 Å². The van der Waals surface area contributed by atoms with E-state index in [-0.39, 0.29) is 17.7 Å². The highest BCUT2D eigenvalue weighted by atomic mass is 16.5. The Morgan fingerprint density at radius 2 is 1.75 bits per heavy atom. The van der Waals surface area contributed by atoms with Crippen LogP contribution >= 0.6 is 0 Å². The molecule has 1 saturated carbocycles. The predicted octanol–water partition coefficient (Wildman–Crippen LogP) is 3.42. The largest absolute Gasteiger partial charge is 0.497 e. The van der Waals surface area contributed by atoms with Gasteiger partial charge in [-0.1, -0.05) is 19.1 Å². The van der Waals surface area contributed by atoms with Crippen molar-refractivity contribution < 1.29 is 14.3 Å². The smallest absolute Gasteiger partial charge is 0.225 e. The zero-order valence-corrected chi connectivity index (χ0v) is 17.3. The second-order valence-corrected chi connectivity index (χ2v) is 8.45. The summed E-state index contributed by atoms with van der Waals surface area (Å²) in [5, 5.41) is 3.08. The Labute approximate surface area is 168 Å². The van der Waals surface area contributed by atoms with Crippen molar-refractivity contribution in [3.63, 3.8) is 0 Å². The van der Waals surface area contributed by atoms with Crippen molar-refractivity contribution in [2.24, 2.45) is 17.8 Å². The minimum absolute atomic E-state index is 0.0516. The summed E-state index contributed by atoms with van der Waals surface area (Å²) in [7, 11) is 1.66. The number of benzene rings is 1. The van der Waals surface area contributed by atoms with Crippen molar-refractivity contribution in [2.75, 3.05) is 26.7 Å². The first-order valence-electron chi connectivity index (χ1n) is 10.8.